The lowest BCUT2D eigenvalue weighted by Gasteiger charge is -2.34. The van der Waals surface area contributed by atoms with Gasteiger partial charge in [0.25, 0.3) is 11.4 Å². The third kappa shape index (κ3) is 11.8. The summed E-state index contributed by atoms with van der Waals surface area (Å²) in [7, 11) is 0. The molecule has 14 rings (SSSR count). The molecule has 0 bridgehead atoms. The molecule has 100 heavy (non-hydrogen) atoms. The average molecular weight is 1380 g/mol. The number of carbonyl (C=O) groups is 2. The smallest absolute Gasteiger partial charge is 0.270 e. The van der Waals surface area contributed by atoms with Gasteiger partial charge in [0.2, 0.25) is 0 Å². The van der Waals surface area contributed by atoms with Crippen molar-refractivity contribution < 1.29 is 9.59 Å². The lowest BCUT2D eigenvalue weighted by molar-refractivity contribution is 0.103. The summed E-state index contributed by atoms with van der Waals surface area (Å²) < 4.78 is 2.46. The standard InChI is InChI=1S/C90H80N4O2S4/c1-7-11-15-19-27-57-35-43-61(44-36-57)89(62-45-37-58(38-46-62)28-20-16-12-8-2)73-53-65(51-71-77(75(55-91)93-5)67-31-23-25-33-69(67)81(71)95)97-83(73)85-79(89)87-88(99-85)80-86(100-87)84-74(54-66(98-84)52-72-78(76(56-92)94-6)68-32-24-26-34-70(68)82(72)96)90(80,63-47-39-59(40-48-63)29-21-17-13-9-3)64-49-41-60(42-50-64)30-22-18-14-10-4/h23-26,31-54H,7-22,27-30H2,1-4H3/b71-51-,72-52-,77-75+,78-76?. The number of hydrogen-bond donors (Lipinski definition) is 0. The Balaban J connectivity index is 1.06. The number of carbonyl (C=O) groups excluding carboxylic acids is 2. The van der Waals surface area contributed by atoms with Gasteiger partial charge in [-0.05, 0) is 142 Å². The van der Waals surface area contributed by atoms with Gasteiger partial charge in [-0.25, -0.2) is 20.2 Å². The molecule has 0 saturated heterocycles. The van der Waals surface area contributed by atoms with Crippen molar-refractivity contribution in [3.05, 3.63) is 302 Å². The molecule has 0 unspecified atom stereocenters. The fraction of sp³-hybridized carbons (Fsp3) is 0.289. The number of rotatable bonds is 26. The largest absolute Gasteiger partial charge is 0.289 e. The molecular formula is C90H80N4O2S4. The van der Waals surface area contributed by atoms with Crippen molar-refractivity contribution in [2.75, 3.05) is 0 Å². The molecule has 0 atom stereocenters. The highest BCUT2D eigenvalue weighted by atomic mass is 32.1. The van der Waals surface area contributed by atoms with Crippen LogP contribution in [0.2, 0.25) is 0 Å². The first-order valence-corrected chi connectivity index (χ1v) is 39.4. The van der Waals surface area contributed by atoms with Crippen LogP contribution in [0.25, 0.3) is 61.9 Å². The van der Waals surface area contributed by atoms with Crippen molar-refractivity contribution in [3.63, 3.8) is 0 Å². The number of unbranched alkanes of at least 4 members (excludes halogenated alkanes) is 12. The van der Waals surface area contributed by atoms with Crippen molar-refractivity contribution >= 4 is 89.6 Å². The number of aryl methyl sites for hydroxylation is 4. The van der Waals surface area contributed by atoms with Crippen LogP contribution in [0.15, 0.2) is 180 Å². The predicted octanol–water partition coefficient (Wildman–Crippen LogP) is 25.2. The molecule has 4 aliphatic carbocycles. The second-order valence-electron chi connectivity index (χ2n) is 27.3. The quantitative estimate of drug-likeness (QED) is 0.0234. The van der Waals surface area contributed by atoms with Gasteiger partial charge in [0.15, 0.2) is 11.6 Å². The average Bonchev–Trinajstić information content (AvgIpc) is 1.49. The molecule has 496 valence electrons. The van der Waals surface area contributed by atoms with Gasteiger partial charge in [0.1, 0.15) is 0 Å². The van der Waals surface area contributed by atoms with Crippen molar-refractivity contribution in [1.29, 1.82) is 10.5 Å². The van der Waals surface area contributed by atoms with Gasteiger partial charge >= 0.3 is 0 Å². The molecule has 0 fully saturated rings. The Morgan fingerprint density at radius 1 is 0.400 bits per heavy atom. The first-order valence-electron chi connectivity index (χ1n) is 36.1. The maximum absolute atomic E-state index is 14.8. The zero-order chi connectivity index (χ0) is 69.1. The third-order valence-electron chi connectivity index (χ3n) is 21.2. The van der Waals surface area contributed by atoms with E-state index in [1.807, 2.05) is 71.2 Å². The van der Waals surface area contributed by atoms with Crippen LogP contribution in [0.3, 0.4) is 0 Å². The monoisotopic (exact) mass is 1380 g/mol. The van der Waals surface area contributed by atoms with E-state index in [4.69, 9.17) is 13.1 Å². The Morgan fingerprint density at radius 2 is 0.700 bits per heavy atom. The molecule has 4 aliphatic rings. The predicted molar refractivity (Wildman–Crippen MR) is 417 cm³/mol. The van der Waals surface area contributed by atoms with Gasteiger partial charge in [0.05, 0.1) is 65.0 Å². The highest BCUT2D eigenvalue weighted by Crippen LogP contribution is 2.70. The van der Waals surface area contributed by atoms with E-state index in [-0.39, 0.29) is 23.0 Å². The van der Waals surface area contributed by atoms with E-state index >= 15 is 0 Å². The van der Waals surface area contributed by atoms with Crippen molar-refractivity contribution in [2.45, 2.75) is 167 Å². The molecule has 0 radical (unpaired) electrons. The topological polar surface area (TPSA) is 90.4 Å². The van der Waals surface area contributed by atoms with Gasteiger partial charge in [-0.1, -0.05) is 250 Å². The number of nitriles is 2. The number of ketones is 2. The maximum atomic E-state index is 14.8. The summed E-state index contributed by atoms with van der Waals surface area (Å²) in [5.41, 5.74) is 16.6. The van der Waals surface area contributed by atoms with Crippen molar-refractivity contribution in [3.8, 4) is 31.6 Å². The van der Waals surface area contributed by atoms with Crippen LogP contribution in [-0.2, 0) is 36.5 Å². The molecule has 0 amide bonds. The number of Topliss-reactive ketones (excluding diaryl/α,β-unsaturated/α-hetero) is 2. The maximum Gasteiger partial charge on any atom is 0.270 e. The van der Waals surface area contributed by atoms with E-state index in [9.17, 15) is 20.1 Å². The van der Waals surface area contributed by atoms with Crippen LogP contribution in [0.1, 0.15) is 239 Å². The summed E-state index contributed by atoms with van der Waals surface area (Å²) in [4.78, 5) is 43.5. The molecular weight excluding hydrogens is 1300 g/mol. The Labute approximate surface area is 605 Å². The zero-order valence-corrected chi connectivity index (χ0v) is 60.8. The summed E-state index contributed by atoms with van der Waals surface area (Å²) in [6, 6.07) is 61.7. The molecule has 10 heteroatoms. The van der Waals surface area contributed by atoms with Gasteiger partial charge in [0, 0.05) is 54.3 Å². The molecule has 4 aromatic heterocycles. The fourth-order valence-corrected chi connectivity index (χ4v) is 22.0. The number of nitrogens with zero attached hydrogens (tertiary/aromatic N) is 4. The van der Waals surface area contributed by atoms with Gasteiger partial charge < -0.3 is 0 Å². The number of hydrogen-bond acceptors (Lipinski definition) is 8. The normalized spacial score (nSPS) is 16.0. The van der Waals surface area contributed by atoms with E-state index < -0.39 is 10.8 Å². The Hall–Kier alpha value is -9.36. The first kappa shape index (κ1) is 67.8. The molecule has 4 heterocycles. The Kier molecular flexibility index (Phi) is 20.0. The van der Waals surface area contributed by atoms with E-state index in [1.165, 1.54) is 152 Å². The van der Waals surface area contributed by atoms with Crippen LogP contribution in [-0.4, -0.2) is 11.6 Å². The second kappa shape index (κ2) is 29.5. The van der Waals surface area contributed by atoms with E-state index in [2.05, 4.69) is 159 Å². The molecule has 0 aliphatic heterocycles. The number of thiophene rings is 4. The minimum atomic E-state index is -0.844. The Morgan fingerprint density at radius 3 is 0.980 bits per heavy atom. The van der Waals surface area contributed by atoms with E-state index in [1.54, 1.807) is 34.8 Å². The minimum absolute atomic E-state index is 0.0985. The molecule has 0 N–H and O–H groups in total. The summed E-state index contributed by atoms with van der Waals surface area (Å²) in [5.74, 6) is -0.383. The SMILES string of the molecule is [C-]#[N+]C(C#N)=C1/C(=C/c2cc3c(s2)-c2sc4c5c(sc4c2C3(c2ccc(CCCCCC)cc2)c2ccc(CCCCCC)cc2)-c2sc(/C=C3\C(=O)c4ccccc4\C3=C(\C#N)[N+]#[C-])cc2C5(c2ccc(CCCCCC)cc2)c2ccc(CCCCCC)cc2)C(=O)c2ccccc21. The molecule has 0 spiro atoms. The molecule has 0 saturated carbocycles. The van der Waals surface area contributed by atoms with Crippen molar-refractivity contribution in [2.24, 2.45) is 0 Å². The van der Waals surface area contributed by atoms with Crippen LogP contribution in [0.5, 0.6) is 0 Å². The second-order valence-corrected chi connectivity index (χ2v) is 31.6. The number of benzene rings is 6. The van der Waals surface area contributed by atoms with E-state index in [0.29, 0.717) is 44.5 Å². The van der Waals surface area contributed by atoms with Crippen LogP contribution >= 0.6 is 45.3 Å². The highest BCUT2D eigenvalue weighted by Gasteiger charge is 2.55. The lowest BCUT2D eigenvalue weighted by Crippen LogP contribution is -2.29. The minimum Gasteiger partial charge on any atom is -0.289 e. The van der Waals surface area contributed by atoms with Gasteiger partial charge in [-0.15, -0.1) is 45.3 Å². The van der Waals surface area contributed by atoms with Crippen LogP contribution in [0, 0.1) is 35.8 Å². The number of allylic oxidation sites excluding steroid dienone is 6. The Bertz CT molecular complexity index is 4670. The zero-order valence-electron chi connectivity index (χ0n) is 57.5. The van der Waals surface area contributed by atoms with Crippen LogP contribution in [0.4, 0.5) is 0 Å². The summed E-state index contributed by atoms with van der Waals surface area (Å²) in [5, 5.41) is 21.0. The van der Waals surface area contributed by atoms with E-state index in [0.717, 1.165) is 82.0 Å². The summed E-state index contributed by atoms with van der Waals surface area (Å²) in [6.45, 7) is 25.4. The summed E-state index contributed by atoms with van der Waals surface area (Å²) >= 11 is 7.16. The number of fused-ring (bicyclic) bond motifs is 11. The van der Waals surface area contributed by atoms with Gasteiger partial charge in [-0.2, -0.15) is 0 Å². The fourth-order valence-electron chi connectivity index (χ4n) is 16.3. The van der Waals surface area contributed by atoms with Gasteiger partial charge in [-0.3, -0.25) is 9.59 Å². The van der Waals surface area contributed by atoms with Crippen LogP contribution < -0.4 is 0 Å². The summed E-state index contributed by atoms with van der Waals surface area (Å²) in [6.07, 6.45) is 26.7. The van der Waals surface area contributed by atoms with Crippen molar-refractivity contribution in [1.82, 2.24) is 0 Å². The molecule has 6 nitrogen and oxygen atoms in total. The highest BCUT2D eigenvalue weighted by molar-refractivity contribution is 7.34. The molecule has 10 aromatic rings. The molecule has 6 aromatic carbocycles. The lowest BCUT2D eigenvalue weighted by atomic mass is 9.67. The first-order chi connectivity index (χ1) is 49.1. The third-order valence-corrected chi connectivity index (χ3v) is 26.2.